The molecule has 0 aromatic heterocycles. The second kappa shape index (κ2) is 6.79. The van der Waals surface area contributed by atoms with Crippen LogP contribution in [0.15, 0.2) is 0 Å². The third-order valence-electron chi connectivity index (χ3n) is 0.772. The van der Waals surface area contributed by atoms with Gasteiger partial charge < -0.3 is 0 Å². The second-order valence-electron chi connectivity index (χ2n) is 2.42. The fourth-order valence-corrected chi connectivity index (χ4v) is 0.350. The van der Waals surface area contributed by atoms with E-state index >= 15 is 0 Å². The molecule has 0 saturated heterocycles. The molecule has 0 nitrogen and oxygen atoms in total. The minimum Gasteiger partial charge on any atom is -0.210 e. The van der Waals surface area contributed by atoms with E-state index in [2.05, 4.69) is 0 Å². The first kappa shape index (κ1) is 17.7. The maximum Gasteiger partial charge on any atom is 0.394 e. The highest BCUT2D eigenvalue weighted by Gasteiger charge is 2.32. The molecule has 0 rings (SSSR count). The minimum atomic E-state index is -4.73. The van der Waals surface area contributed by atoms with E-state index in [0.717, 1.165) is 0 Å². The van der Waals surface area contributed by atoms with E-state index < -0.39 is 38.0 Å². The molecule has 0 aliphatic heterocycles. The van der Waals surface area contributed by atoms with Crippen LogP contribution in [-0.2, 0) is 0 Å². The van der Waals surface area contributed by atoms with Crippen LogP contribution in [-0.4, -0.2) is 25.2 Å². The number of halogens is 10. The first-order chi connectivity index (χ1) is 6.83. The van der Waals surface area contributed by atoms with Gasteiger partial charge in [-0.2, -0.15) is 26.3 Å². The van der Waals surface area contributed by atoms with Gasteiger partial charge in [0.1, 0.15) is 12.8 Å². The monoisotopic (exact) mass is 268 g/mol. The fraction of sp³-hybridized carbons (Fsp3) is 1.00. The zero-order chi connectivity index (χ0) is 13.6. The number of hydrogen-bond acceptors (Lipinski definition) is 0. The molecule has 0 saturated carbocycles. The van der Waals surface area contributed by atoms with Crippen LogP contribution in [0.4, 0.5) is 43.9 Å². The molecule has 0 bridgehead atoms. The van der Waals surface area contributed by atoms with Gasteiger partial charge in [-0.05, 0) is 0 Å². The van der Waals surface area contributed by atoms with Crippen molar-refractivity contribution in [3.63, 3.8) is 0 Å². The Hall–Kier alpha value is -0.700. The van der Waals surface area contributed by atoms with Crippen LogP contribution in [0.3, 0.4) is 0 Å². The van der Waals surface area contributed by atoms with Crippen LogP contribution >= 0.6 is 0 Å². The molecular weight excluding hydrogens is 262 g/mol. The van der Waals surface area contributed by atoms with Crippen LogP contribution in [0.2, 0.25) is 0 Å². The van der Waals surface area contributed by atoms with Crippen molar-refractivity contribution in [2.24, 2.45) is 0 Å². The molecule has 10 heteroatoms. The predicted octanol–water partition coefficient (Wildman–Crippen LogP) is 4.41. The number of rotatable bonds is 2. The molecular formula is C6H6F10. The van der Waals surface area contributed by atoms with Crippen LogP contribution in [0.5, 0.6) is 0 Å². The zero-order valence-corrected chi connectivity index (χ0v) is 7.35. The van der Waals surface area contributed by atoms with Crippen molar-refractivity contribution in [1.29, 1.82) is 0 Å². The predicted molar refractivity (Wildman–Crippen MR) is 33.4 cm³/mol. The molecule has 0 aromatic carbocycles. The maximum absolute atomic E-state index is 10.8. The van der Waals surface area contributed by atoms with Gasteiger partial charge in [0.15, 0.2) is 0 Å². The summed E-state index contributed by atoms with van der Waals surface area (Å²) in [5.74, 6) is 0. The fourth-order valence-electron chi connectivity index (χ4n) is 0.350. The summed E-state index contributed by atoms with van der Waals surface area (Å²) in [4.78, 5) is 0. The minimum absolute atomic E-state index is 2.01. The first-order valence-electron chi connectivity index (χ1n) is 3.53. The summed E-state index contributed by atoms with van der Waals surface area (Å²) in [5, 5.41) is 0. The molecule has 0 aromatic rings. The summed E-state index contributed by atoms with van der Waals surface area (Å²) in [7, 11) is 0. The molecule has 0 amide bonds. The van der Waals surface area contributed by atoms with E-state index in [9.17, 15) is 43.9 Å². The molecule has 16 heavy (non-hydrogen) atoms. The quantitative estimate of drug-likeness (QED) is 0.651. The highest BCUT2D eigenvalue weighted by atomic mass is 19.4. The Bertz CT molecular complexity index is 145. The molecule has 0 unspecified atom stereocenters. The van der Waals surface area contributed by atoms with Gasteiger partial charge in [0, 0.05) is 0 Å². The first-order valence-corrected chi connectivity index (χ1v) is 3.53. The van der Waals surface area contributed by atoms with Gasteiger partial charge in [0.05, 0.1) is 0 Å². The molecule has 0 aliphatic carbocycles. The van der Waals surface area contributed by atoms with Gasteiger partial charge in [-0.1, -0.05) is 0 Å². The van der Waals surface area contributed by atoms with Gasteiger partial charge in [-0.25, -0.2) is 17.6 Å². The van der Waals surface area contributed by atoms with Crippen molar-refractivity contribution in [2.75, 3.05) is 0 Å². The Morgan fingerprint density at radius 1 is 0.562 bits per heavy atom. The van der Waals surface area contributed by atoms with E-state index in [1.807, 2.05) is 0 Å². The molecule has 0 N–H and O–H groups in total. The zero-order valence-electron chi connectivity index (χ0n) is 7.35. The molecule has 0 fully saturated rings. The van der Waals surface area contributed by atoms with E-state index in [-0.39, 0.29) is 0 Å². The van der Waals surface area contributed by atoms with Crippen LogP contribution in [0.25, 0.3) is 0 Å². The molecule has 0 radical (unpaired) electrons. The summed E-state index contributed by atoms with van der Waals surface area (Å²) < 4.78 is 108. The molecule has 0 atom stereocenters. The summed E-state index contributed by atoms with van der Waals surface area (Å²) in [6.45, 7) is 0. The lowest BCUT2D eigenvalue weighted by molar-refractivity contribution is -0.159. The van der Waals surface area contributed by atoms with Crippen molar-refractivity contribution >= 4 is 0 Å². The SMILES string of the molecule is FC(F)CC(F)(F)F.FC(F)CC(F)(F)F. The van der Waals surface area contributed by atoms with Crippen LogP contribution in [0.1, 0.15) is 12.8 Å². The van der Waals surface area contributed by atoms with Crippen molar-refractivity contribution < 1.29 is 43.9 Å². The van der Waals surface area contributed by atoms with Crippen LogP contribution in [0, 0.1) is 0 Å². The summed E-state index contributed by atoms with van der Waals surface area (Å²) in [6, 6.07) is 0. The van der Waals surface area contributed by atoms with Crippen molar-refractivity contribution in [1.82, 2.24) is 0 Å². The molecule has 100 valence electrons. The van der Waals surface area contributed by atoms with Gasteiger partial charge in [-0.15, -0.1) is 0 Å². The van der Waals surface area contributed by atoms with Gasteiger partial charge in [-0.3, -0.25) is 0 Å². The van der Waals surface area contributed by atoms with Crippen molar-refractivity contribution in [3.05, 3.63) is 0 Å². The highest BCUT2D eigenvalue weighted by Crippen LogP contribution is 2.23. The second-order valence-corrected chi connectivity index (χ2v) is 2.42. The highest BCUT2D eigenvalue weighted by molar-refractivity contribution is 4.50. The largest absolute Gasteiger partial charge is 0.394 e. The molecule has 0 spiro atoms. The average Bonchev–Trinajstić information content (AvgIpc) is 1.72. The maximum atomic E-state index is 10.8. The Morgan fingerprint density at radius 3 is 0.750 bits per heavy atom. The number of alkyl halides is 10. The Kier molecular flexibility index (Phi) is 7.51. The van der Waals surface area contributed by atoms with Gasteiger partial charge in [0.2, 0.25) is 12.9 Å². The van der Waals surface area contributed by atoms with Crippen LogP contribution < -0.4 is 0 Å². The van der Waals surface area contributed by atoms with Crippen molar-refractivity contribution in [2.45, 2.75) is 38.0 Å². The van der Waals surface area contributed by atoms with E-state index in [4.69, 9.17) is 0 Å². The number of hydrogen-bond donors (Lipinski definition) is 0. The normalized spacial score (nSPS) is 12.8. The topological polar surface area (TPSA) is 0 Å². The van der Waals surface area contributed by atoms with E-state index in [1.165, 1.54) is 0 Å². The lowest BCUT2D eigenvalue weighted by atomic mass is 10.4. The smallest absolute Gasteiger partial charge is 0.210 e. The third kappa shape index (κ3) is 23.3. The van der Waals surface area contributed by atoms with E-state index in [0.29, 0.717) is 0 Å². The summed E-state index contributed by atoms with van der Waals surface area (Å²) in [5.41, 5.74) is 0. The Labute approximate surface area is 83.2 Å². The van der Waals surface area contributed by atoms with E-state index in [1.54, 1.807) is 0 Å². The Morgan fingerprint density at radius 2 is 0.750 bits per heavy atom. The standard InChI is InChI=1S/2C3H3F5/c2*4-2(5)1-3(6,7)8/h2*2H,1H2. The van der Waals surface area contributed by atoms with Crippen molar-refractivity contribution in [3.8, 4) is 0 Å². The average molecular weight is 268 g/mol. The lowest BCUT2D eigenvalue weighted by Gasteiger charge is -2.02. The lowest BCUT2D eigenvalue weighted by Crippen LogP contribution is -2.12. The summed E-state index contributed by atoms with van der Waals surface area (Å²) >= 11 is 0. The van der Waals surface area contributed by atoms with Gasteiger partial charge >= 0.3 is 12.4 Å². The third-order valence-corrected chi connectivity index (χ3v) is 0.772. The summed E-state index contributed by atoms with van der Waals surface area (Å²) in [6.07, 6.45) is -20.0. The Balaban J connectivity index is 0. The molecule has 0 aliphatic rings. The van der Waals surface area contributed by atoms with Gasteiger partial charge in [0.25, 0.3) is 0 Å². The molecule has 0 heterocycles.